The van der Waals surface area contributed by atoms with Crippen LogP contribution in [0.2, 0.25) is 0 Å². The second-order valence-electron chi connectivity index (χ2n) is 6.11. The van der Waals surface area contributed by atoms with E-state index in [1.807, 2.05) is 23.3 Å². The van der Waals surface area contributed by atoms with Crippen LogP contribution in [-0.2, 0) is 14.3 Å². The number of amides is 1. The third kappa shape index (κ3) is 3.87. The Kier molecular flexibility index (Phi) is 5.68. The van der Waals surface area contributed by atoms with Crippen molar-refractivity contribution >= 4 is 23.4 Å². The molecular weight excluding hydrogens is 324 g/mol. The van der Waals surface area contributed by atoms with Crippen LogP contribution in [0.25, 0.3) is 0 Å². The summed E-state index contributed by atoms with van der Waals surface area (Å²) in [5, 5.41) is 0. The average molecular weight is 348 g/mol. The summed E-state index contributed by atoms with van der Waals surface area (Å²) in [6, 6.07) is 8.32. The van der Waals surface area contributed by atoms with E-state index in [2.05, 4.69) is 24.1 Å². The maximum absolute atomic E-state index is 13.1. The van der Waals surface area contributed by atoms with Gasteiger partial charge in [0.25, 0.3) is 5.91 Å². The molecule has 0 N–H and O–H groups in total. The zero-order valence-corrected chi connectivity index (χ0v) is 15.1. The molecule has 1 amide bonds. The first-order chi connectivity index (χ1) is 11.7. The summed E-state index contributed by atoms with van der Waals surface area (Å²) in [6.45, 7) is 2.90. The van der Waals surface area contributed by atoms with Crippen LogP contribution in [0.5, 0.6) is 0 Å². The summed E-state index contributed by atoms with van der Waals surface area (Å²) >= 11 is 1.68. The maximum atomic E-state index is 13.1. The van der Waals surface area contributed by atoms with Gasteiger partial charge in [0.15, 0.2) is 0 Å². The molecule has 1 aromatic carbocycles. The quantitative estimate of drug-likeness (QED) is 0.783. The van der Waals surface area contributed by atoms with E-state index < -0.39 is 0 Å². The van der Waals surface area contributed by atoms with E-state index in [0.717, 1.165) is 36.5 Å². The molecule has 130 valence electrons. The molecule has 1 fully saturated rings. The molecule has 6 heteroatoms. The Morgan fingerprint density at radius 2 is 2.08 bits per heavy atom. The maximum Gasteiger partial charge on any atom is 0.296 e. The minimum absolute atomic E-state index is 0.109. The van der Waals surface area contributed by atoms with Crippen molar-refractivity contribution in [3.63, 3.8) is 0 Å². The SMILES string of the molecule is CSc1cccc(N(C(=O)C2=COCCO2)C2CCN(C)CC2)c1. The minimum Gasteiger partial charge on any atom is -0.494 e. The predicted molar refractivity (Wildman–Crippen MR) is 96.2 cm³/mol. The van der Waals surface area contributed by atoms with Crippen LogP contribution in [0.15, 0.2) is 41.2 Å². The van der Waals surface area contributed by atoms with Gasteiger partial charge in [0, 0.05) is 16.6 Å². The van der Waals surface area contributed by atoms with Gasteiger partial charge < -0.3 is 19.3 Å². The number of benzene rings is 1. The monoisotopic (exact) mass is 348 g/mol. The molecule has 0 unspecified atom stereocenters. The average Bonchev–Trinajstić information content (AvgIpc) is 2.64. The van der Waals surface area contributed by atoms with Crippen molar-refractivity contribution in [2.75, 3.05) is 44.5 Å². The smallest absolute Gasteiger partial charge is 0.296 e. The van der Waals surface area contributed by atoms with Gasteiger partial charge in [0.05, 0.1) is 0 Å². The van der Waals surface area contributed by atoms with Gasteiger partial charge in [-0.15, -0.1) is 11.8 Å². The Morgan fingerprint density at radius 1 is 1.29 bits per heavy atom. The number of thioether (sulfide) groups is 1. The van der Waals surface area contributed by atoms with Gasteiger partial charge in [0.2, 0.25) is 5.76 Å². The van der Waals surface area contributed by atoms with Crippen LogP contribution in [0.1, 0.15) is 12.8 Å². The first-order valence-electron chi connectivity index (χ1n) is 8.30. The number of carbonyl (C=O) groups excluding carboxylic acids is 1. The molecule has 0 spiro atoms. The van der Waals surface area contributed by atoms with Gasteiger partial charge in [-0.25, -0.2) is 0 Å². The Morgan fingerprint density at radius 3 is 2.75 bits per heavy atom. The number of likely N-dealkylation sites (tertiary alicyclic amines) is 1. The lowest BCUT2D eigenvalue weighted by molar-refractivity contribution is -0.120. The highest BCUT2D eigenvalue weighted by Crippen LogP contribution is 2.29. The Bertz CT molecular complexity index is 612. The highest BCUT2D eigenvalue weighted by atomic mass is 32.2. The molecular formula is C18H24N2O3S. The number of hydrogen-bond donors (Lipinski definition) is 0. The fourth-order valence-electron chi connectivity index (χ4n) is 3.11. The third-order valence-electron chi connectivity index (χ3n) is 4.46. The van der Waals surface area contributed by atoms with E-state index in [1.54, 1.807) is 11.8 Å². The minimum atomic E-state index is -0.109. The lowest BCUT2D eigenvalue weighted by atomic mass is 10.0. The molecule has 3 rings (SSSR count). The second kappa shape index (κ2) is 7.94. The van der Waals surface area contributed by atoms with Gasteiger partial charge in [-0.2, -0.15) is 0 Å². The van der Waals surface area contributed by atoms with Crippen molar-refractivity contribution in [2.24, 2.45) is 0 Å². The van der Waals surface area contributed by atoms with Gasteiger partial charge >= 0.3 is 0 Å². The summed E-state index contributed by atoms with van der Waals surface area (Å²) in [7, 11) is 2.12. The van der Waals surface area contributed by atoms with Crippen molar-refractivity contribution in [1.29, 1.82) is 0 Å². The van der Waals surface area contributed by atoms with Crippen molar-refractivity contribution in [1.82, 2.24) is 4.90 Å². The van der Waals surface area contributed by atoms with Crippen LogP contribution < -0.4 is 4.90 Å². The molecule has 0 aliphatic carbocycles. The summed E-state index contributed by atoms with van der Waals surface area (Å²) in [5.74, 6) is 0.192. The van der Waals surface area contributed by atoms with Crippen LogP contribution >= 0.6 is 11.8 Å². The van der Waals surface area contributed by atoms with E-state index >= 15 is 0 Å². The highest BCUT2D eigenvalue weighted by molar-refractivity contribution is 7.98. The first kappa shape index (κ1) is 17.2. The summed E-state index contributed by atoms with van der Waals surface area (Å²) in [6.07, 6.45) is 5.41. The van der Waals surface area contributed by atoms with E-state index in [4.69, 9.17) is 9.47 Å². The summed E-state index contributed by atoms with van der Waals surface area (Å²) in [4.78, 5) is 18.5. The van der Waals surface area contributed by atoms with Crippen LogP contribution in [-0.4, -0.2) is 56.5 Å². The van der Waals surface area contributed by atoms with Crippen LogP contribution in [0.3, 0.4) is 0 Å². The topological polar surface area (TPSA) is 42.0 Å². The molecule has 2 heterocycles. The summed E-state index contributed by atoms with van der Waals surface area (Å²) < 4.78 is 10.8. The molecule has 0 radical (unpaired) electrons. The number of piperidine rings is 1. The van der Waals surface area contributed by atoms with E-state index in [9.17, 15) is 4.79 Å². The zero-order valence-electron chi connectivity index (χ0n) is 14.2. The molecule has 2 aliphatic heterocycles. The molecule has 0 aromatic heterocycles. The molecule has 24 heavy (non-hydrogen) atoms. The first-order valence-corrected chi connectivity index (χ1v) is 9.52. The van der Waals surface area contributed by atoms with Crippen LogP contribution in [0, 0.1) is 0 Å². The largest absolute Gasteiger partial charge is 0.494 e. The van der Waals surface area contributed by atoms with Crippen molar-refractivity contribution in [2.45, 2.75) is 23.8 Å². The van der Waals surface area contributed by atoms with Gasteiger partial charge in [-0.3, -0.25) is 4.79 Å². The predicted octanol–water partition coefficient (Wildman–Crippen LogP) is 2.72. The standard InChI is InChI=1S/C18H24N2O3S/c1-19-8-6-14(7-9-19)20(15-4-3-5-16(12-15)24-2)18(21)17-13-22-10-11-23-17/h3-5,12-14H,6-11H2,1-2H3. The molecule has 0 atom stereocenters. The number of carbonyl (C=O) groups is 1. The molecule has 2 aliphatic rings. The molecule has 0 bridgehead atoms. The second-order valence-corrected chi connectivity index (χ2v) is 6.99. The molecule has 5 nitrogen and oxygen atoms in total. The Hall–Kier alpha value is -1.66. The summed E-state index contributed by atoms with van der Waals surface area (Å²) in [5.41, 5.74) is 0.927. The zero-order chi connectivity index (χ0) is 16.9. The Balaban J connectivity index is 1.90. The van der Waals surface area contributed by atoms with Crippen molar-refractivity contribution < 1.29 is 14.3 Å². The number of rotatable bonds is 4. The van der Waals surface area contributed by atoms with Gasteiger partial charge in [-0.05, 0) is 57.4 Å². The molecule has 1 aromatic rings. The molecule has 0 saturated carbocycles. The van der Waals surface area contributed by atoms with E-state index in [1.165, 1.54) is 6.26 Å². The lowest BCUT2D eigenvalue weighted by Gasteiger charge is -2.37. The third-order valence-corrected chi connectivity index (χ3v) is 5.19. The van der Waals surface area contributed by atoms with Crippen LogP contribution in [0.4, 0.5) is 5.69 Å². The fourth-order valence-corrected chi connectivity index (χ4v) is 3.56. The van der Waals surface area contributed by atoms with Gasteiger partial charge in [-0.1, -0.05) is 6.07 Å². The van der Waals surface area contributed by atoms with E-state index in [0.29, 0.717) is 19.0 Å². The fraction of sp³-hybridized carbons (Fsp3) is 0.500. The van der Waals surface area contributed by atoms with Crippen molar-refractivity contribution in [3.8, 4) is 0 Å². The van der Waals surface area contributed by atoms with E-state index in [-0.39, 0.29) is 11.9 Å². The highest BCUT2D eigenvalue weighted by Gasteiger charge is 2.32. The van der Waals surface area contributed by atoms with Crippen molar-refractivity contribution in [3.05, 3.63) is 36.3 Å². The van der Waals surface area contributed by atoms with Gasteiger partial charge in [0.1, 0.15) is 19.5 Å². The number of ether oxygens (including phenoxy) is 2. The number of hydrogen-bond acceptors (Lipinski definition) is 5. The number of anilines is 1. The number of nitrogens with zero attached hydrogens (tertiary/aromatic N) is 2. The lowest BCUT2D eigenvalue weighted by Crippen LogP contribution is -2.47. The molecule has 1 saturated heterocycles. The normalized spacial score (nSPS) is 19.2. The Labute approximate surface area is 147 Å².